The highest BCUT2D eigenvalue weighted by molar-refractivity contribution is 5.51. The van der Waals surface area contributed by atoms with Gasteiger partial charge in [-0.3, -0.25) is 0 Å². The Morgan fingerprint density at radius 1 is 1.20 bits per heavy atom. The smallest absolute Gasteiger partial charge is 0.264 e. The van der Waals surface area contributed by atoms with E-state index >= 15 is 0 Å². The topological polar surface area (TPSA) is 100.0 Å². The van der Waals surface area contributed by atoms with Crippen LogP contribution in [-0.2, 0) is 6.61 Å². The predicted molar refractivity (Wildman–Crippen MR) is 70.5 cm³/mol. The van der Waals surface area contributed by atoms with Crippen LogP contribution in [0.4, 0.5) is 5.69 Å². The van der Waals surface area contributed by atoms with Crippen LogP contribution in [0, 0.1) is 0 Å². The van der Waals surface area contributed by atoms with Gasteiger partial charge in [0.05, 0.1) is 5.69 Å². The summed E-state index contributed by atoms with van der Waals surface area (Å²) in [7, 11) is 0. The van der Waals surface area contributed by atoms with E-state index in [0.717, 1.165) is 0 Å². The van der Waals surface area contributed by atoms with Crippen LogP contribution in [0.3, 0.4) is 0 Å². The van der Waals surface area contributed by atoms with Gasteiger partial charge in [0.15, 0.2) is 6.61 Å². The Kier molecular flexibility index (Phi) is 3.24. The second-order valence-electron chi connectivity index (χ2n) is 3.93. The van der Waals surface area contributed by atoms with Gasteiger partial charge in [0.2, 0.25) is 5.82 Å². The SMILES string of the molecule is Nc1ccccc1OCc1nc(-c2ccncn2)no1. The number of aromatic nitrogens is 4. The van der Waals surface area contributed by atoms with E-state index in [9.17, 15) is 0 Å². The van der Waals surface area contributed by atoms with Crippen LogP contribution in [0.5, 0.6) is 5.75 Å². The van der Waals surface area contributed by atoms with Gasteiger partial charge < -0.3 is 15.0 Å². The van der Waals surface area contributed by atoms with Gasteiger partial charge >= 0.3 is 0 Å². The number of para-hydroxylation sites is 2. The van der Waals surface area contributed by atoms with Crippen LogP contribution >= 0.6 is 0 Å². The summed E-state index contributed by atoms with van der Waals surface area (Å²) in [5.74, 6) is 1.32. The van der Waals surface area contributed by atoms with Crippen LogP contribution in [0.25, 0.3) is 11.5 Å². The highest BCUT2D eigenvalue weighted by atomic mass is 16.5. The minimum absolute atomic E-state index is 0.145. The first kappa shape index (κ1) is 12.1. The van der Waals surface area contributed by atoms with Gasteiger partial charge in [-0.1, -0.05) is 17.3 Å². The maximum absolute atomic E-state index is 5.77. The van der Waals surface area contributed by atoms with E-state index in [0.29, 0.717) is 28.8 Å². The summed E-state index contributed by atoms with van der Waals surface area (Å²) in [6.07, 6.45) is 3.03. The number of hydrogen-bond acceptors (Lipinski definition) is 7. The molecule has 0 fully saturated rings. The molecular weight excluding hydrogens is 258 g/mol. The standard InChI is InChI=1S/C13H11N5O2/c14-9-3-1-2-4-11(9)19-7-12-17-13(18-20-12)10-5-6-15-8-16-10/h1-6,8H,7,14H2. The molecule has 0 spiro atoms. The zero-order valence-electron chi connectivity index (χ0n) is 10.4. The maximum atomic E-state index is 5.77. The quantitative estimate of drug-likeness (QED) is 0.719. The molecule has 7 nitrogen and oxygen atoms in total. The van der Waals surface area contributed by atoms with Gasteiger partial charge in [0, 0.05) is 6.20 Å². The monoisotopic (exact) mass is 269 g/mol. The lowest BCUT2D eigenvalue weighted by molar-refractivity contribution is 0.244. The molecule has 0 amide bonds. The summed E-state index contributed by atoms with van der Waals surface area (Å²) in [4.78, 5) is 12.1. The van der Waals surface area contributed by atoms with Crippen LogP contribution in [0.15, 0.2) is 47.4 Å². The molecule has 100 valence electrons. The van der Waals surface area contributed by atoms with Crippen molar-refractivity contribution in [2.24, 2.45) is 0 Å². The minimum atomic E-state index is 0.145. The van der Waals surface area contributed by atoms with Crippen LogP contribution in [-0.4, -0.2) is 20.1 Å². The number of ether oxygens (including phenoxy) is 1. The molecule has 0 aliphatic heterocycles. The number of anilines is 1. The lowest BCUT2D eigenvalue weighted by Crippen LogP contribution is -1.98. The first-order valence-electron chi connectivity index (χ1n) is 5.89. The molecule has 0 radical (unpaired) electrons. The highest BCUT2D eigenvalue weighted by Gasteiger charge is 2.10. The Balaban J connectivity index is 1.71. The van der Waals surface area contributed by atoms with Crippen molar-refractivity contribution in [2.75, 3.05) is 5.73 Å². The van der Waals surface area contributed by atoms with Gasteiger partial charge in [0.1, 0.15) is 17.8 Å². The molecule has 2 aromatic heterocycles. The fraction of sp³-hybridized carbons (Fsp3) is 0.0769. The number of benzene rings is 1. The number of rotatable bonds is 4. The van der Waals surface area contributed by atoms with Gasteiger partial charge in [-0.05, 0) is 18.2 Å². The van der Waals surface area contributed by atoms with Crippen molar-refractivity contribution in [1.29, 1.82) is 0 Å². The Morgan fingerprint density at radius 2 is 2.10 bits per heavy atom. The van der Waals surface area contributed by atoms with Crippen molar-refractivity contribution in [3.8, 4) is 17.3 Å². The predicted octanol–water partition coefficient (Wildman–Crippen LogP) is 1.69. The van der Waals surface area contributed by atoms with Crippen LogP contribution < -0.4 is 10.5 Å². The molecule has 3 rings (SSSR count). The zero-order valence-corrected chi connectivity index (χ0v) is 10.4. The zero-order chi connectivity index (χ0) is 13.8. The molecule has 0 saturated heterocycles. The first-order chi connectivity index (χ1) is 9.83. The summed E-state index contributed by atoms with van der Waals surface area (Å²) < 4.78 is 10.6. The molecule has 0 bridgehead atoms. The van der Waals surface area contributed by atoms with Crippen molar-refractivity contribution in [3.63, 3.8) is 0 Å². The van der Waals surface area contributed by atoms with E-state index in [1.165, 1.54) is 6.33 Å². The van der Waals surface area contributed by atoms with Crippen molar-refractivity contribution in [2.45, 2.75) is 6.61 Å². The second kappa shape index (κ2) is 5.35. The van der Waals surface area contributed by atoms with Crippen LogP contribution in [0.1, 0.15) is 5.89 Å². The van der Waals surface area contributed by atoms with E-state index in [2.05, 4.69) is 20.1 Å². The fourth-order valence-corrected chi connectivity index (χ4v) is 1.59. The second-order valence-corrected chi connectivity index (χ2v) is 3.93. The number of nitrogens with two attached hydrogens (primary N) is 1. The van der Waals surface area contributed by atoms with Crippen LogP contribution in [0.2, 0.25) is 0 Å². The van der Waals surface area contributed by atoms with E-state index < -0.39 is 0 Å². The lowest BCUT2D eigenvalue weighted by atomic mass is 10.3. The molecule has 0 aliphatic rings. The van der Waals surface area contributed by atoms with Crippen molar-refractivity contribution >= 4 is 5.69 Å². The minimum Gasteiger partial charge on any atom is -0.482 e. The molecule has 3 aromatic rings. The maximum Gasteiger partial charge on any atom is 0.264 e. The largest absolute Gasteiger partial charge is 0.482 e. The number of nitrogen functional groups attached to an aromatic ring is 1. The molecule has 0 aliphatic carbocycles. The molecule has 0 saturated carbocycles. The third-order valence-corrected chi connectivity index (χ3v) is 2.55. The van der Waals surface area contributed by atoms with Crippen molar-refractivity contribution < 1.29 is 9.26 Å². The summed E-state index contributed by atoms with van der Waals surface area (Å²) in [5, 5.41) is 3.83. The summed E-state index contributed by atoms with van der Waals surface area (Å²) in [5.41, 5.74) is 6.92. The average molecular weight is 269 g/mol. The molecular formula is C13H11N5O2. The van der Waals surface area contributed by atoms with E-state index in [-0.39, 0.29) is 6.61 Å². The molecule has 0 unspecified atom stereocenters. The summed E-state index contributed by atoms with van der Waals surface area (Å²) >= 11 is 0. The van der Waals surface area contributed by atoms with Crippen molar-refractivity contribution in [1.82, 2.24) is 20.1 Å². The molecule has 2 heterocycles. The Bertz CT molecular complexity index is 699. The average Bonchev–Trinajstić information content (AvgIpc) is 2.96. The molecule has 1 aromatic carbocycles. The Hall–Kier alpha value is -2.96. The Morgan fingerprint density at radius 3 is 2.90 bits per heavy atom. The highest BCUT2D eigenvalue weighted by Crippen LogP contribution is 2.21. The van der Waals surface area contributed by atoms with Gasteiger partial charge in [-0.15, -0.1) is 0 Å². The number of nitrogens with zero attached hydrogens (tertiary/aromatic N) is 4. The lowest BCUT2D eigenvalue weighted by Gasteiger charge is -2.05. The third-order valence-electron chi connectivity index (χ3n) is 2.55. The van der Waals surface area contributed by atoms with E-state index in [4.69, 9.17) is 15.0 Å². The van der Waals surface area contributed by atoms with E-state index in [1.807, 2.05) is 12.1 Å². The van der Waals surface area contributed by atoms with Gasteiger partial charge in [0.25, 0.3) is 5.89 Å². The normalized spacial score (nSPS) is 10.4. The van der Waals surface area contributed by atoms with Gasteiger partial charge in [-0.25, -0.2) is 9.97 Å². The first-order valence-corrected chi connectivity index (χ1v) is 5.89. The van der Waals surface area contributed by atoms with Crippen molar-refractivity contribution in [3.05, 3.63) is 48.7 Å². The molecule has 20 heavy (non-hydrogen) atoms. The molecule has 2 N–H and O–H groups in total. The third kappa shape index (κ3) is 2.56. The van der Waals surface area contributed by atoms with Gasteiger partial charge in [-0.2, -0.15) is 4.98 Å². The molecule has 0 atom stereocenters. The fourth-order valence-electron chi connectivity index (χ4n) is 1.59. The van der Waals surface area contributed by atoms with E-state index in [1.54, 1.807) is 24.4 Å². The molecule has 7 heteroatoms. The summed E-state index contributed by atoms with van der Waals surface area (Å²) in [6.45, 7) is 0.145. The Labute approximate surface area is 114 Å². The summed E-state index contributed by atoms with van der Waals surface area (Å²) in [6, 6.07) is 8.91. The number of hydrogen-bond donors (Lipinski definition) is 1.